The van der Waals surface area contributed by atoms with Crippen molar-refractivity contribution in [3.63, 3.8) is 0 Å². The number of carbonyl (C=O) groups is 1. The third-order valence-corrected chi connectivity index (χ3v) is 3.63. The first-order chi connectivity index (χ1) is 9.53. The van der Waals surface area contributed by atoms with E-state index < -0.39 is 0 Å². The molecule has 0 spiro atoms. The van der Waals surface area contributed by atoms with Crippen LogP contribution >= 0.6 is 0 Å². The highest BCUT2D eigenvalue weighted by Crippen LogP contribution is 2.22. The SMILES string of the molecule is CCc1c(C(=O)N(C)CC(C)(C)CN)cnn1C(C)(C)C. The Kier molecular flexibility index (Phi) is 5.20. The highest BCUT2D eigenvalue weighted by Gasteiger charge is 2.27. The first-order valence-corrected chi connectivity index (χ1v) is 7.56. The van der Waals surface area contributed by atoms with Crippen molar-refractivity contribution in [1.82, 2.24) is 14.7 Å². The van der Waals surface area contributed by atoms with Gasteiger partial charge in [0, 0.05) is 13.6 Å². The van der Waals surface area contributed by atoms with Crippen LogP contribution in [0.25, 0.3) is 0 Å². The molecule has 1 amide bonds. The number of nitrogens with two attached hydrogens (primary N) is 1. The predicted molar refractivity (Wildman–Crippen MR) is 86.4 cm³/mol. The number of hydrogen-bond donors (Lipinski definition) is 1. The van der Waals surface area contributed by atoms with Crippen molar-refractivity contribution in [2.24, 2.45) is 11.1 Å². The zero-order valence-corrected chi connectivity index (χ0v) is 14.5. The molecule has 1 heterocycles. The van der Waals surface area contributed by atoms with Gasteiger partial charge >= 0.3 is 0 Å². The van der Waals surface area contributed by atoms with Gasteiger partial charge in [-0.15, -0.1) is 0 Å². The summed E-state index contributed by atoms with van der Waals surface area (Å²) in [5.74, 6) is 0.0175. The zero-order chi connectivity index (χ0) is 16.4. The summed E-state index contributed by atoms with van der Waals surface area (Å²) in [5.41, 5.74) is 7.23. The molecule has 0 saturated carbocycles. The molecule has 0 bridgehead atoms. The second-order valence-corrected chi connectivity index (χ2v) is 7.47. The normalized spacial score (nSPS) is 12.6. The van der Waals surface area contributed by atoms with Crippen molar-refractivity contribution in [2.75, 3.05) is 20.1 Å². The maximum Gasteiger partial charge on any atom is 0.257 e. The molecular formula is C16H30N4O. The van der Waals surface area contributed by atoms with Gasteiger partial charge in [-0.05, 0) is 39.2 Å². The summed E-state index contributed by atoms with van der Waals surface area (Å²) in [6, 6.07) is 0. The molecule has 0 aliphatic carbocycles. The Labute approximate surface area is 128 Å². The van der Waals surface area contributed by atoms with Crippen LogP contribution in [-0.2, 0) is 12.0 Å². The third kappa shape index (κ3) is 4.06. The lowest BCUT2D eigenvalue weighted by Gasteiger charge is -2.29. The molecule has 5 heteroatoms. The molecule has 1 aromatic heterocycles. The number of aromatic nitrogens is 2. The molecule has 0 aliphatic rings. The molecule has 1 aromatic rings. The molecular weight excluding hydrogens is 264 g/mol. The van der Waals surface area contributed by atoms with Gasteiger partial charge in [0.2, 0.25) is 0 Å². The summed E-state index contributed by atoms with van der Waals surface area (Å²) in [6.45, 7) is 13.6. The maximum absolute atomic E-state index is 12.7. The van der Waals surface area contributed by atoms with Crippen LogP contribution in [0, 0.1) is 5.41 Å². The minimum Gasteiger partial charge on any atom is -0.341 e. The number of nitrogens with zero attached hydrogens (tertiary/aromatic N) is 3. The standard InChI is InChI=1S/C16H30N4O/c1-8-13-12(9-18-20(13)15(2,3)4)14(21)19(7)11-16(5,6)10-17/h9H,8,10-11,17H2,1-7H3. The van der Waals surface area contributed by atoms with E-state index in [0.29, 0.717) is 18.7 Å². The van der Waals surface area contributed by atoms with Crippen LogP contribution in [0.2, 0.25) is 0 Å². The van der Waals surface area contributed by atoms with E-state index in [1.165, 1.54) is 0 Å². The van der Waals surface area contributed by atoms with E-state index in [0.717, 1.165) is 12.1 Å². The molecule has 21 heavy (non-hydrogen) atoms. The van der Waals surface area contributed by atoms with Gasteiger partial charge in [0.15, 0.2) is 0 Å². The number of rotatable bonds is 5. The second kappa shape index (κ2) is 6.18. The van der Waals surface area contributed by atoms with E-state index in [2.05, 4.69) is 46.6 Å². The van der Waals surface area contributed by atoms with Gasteiger partial charge in [0.25, 0.3) is 5.91 Å². The summed E-state index contributed by atoms with van der Waals surface area (Å²) in [5, 5.41) is 4.42. The molecule has 0 unspecified atom stereocenters. The van der Waals surface area contributed by atoms with Crippen LogP contribution in [0.5, 0.6) is 0 Å². The van der Waals surface area contributed by atoms with E-state index >= 15 is 0 Å². The van der Waals surface area contributed by atoms with E-state index in [-0.39, 0.29) is 16.9 Å². The summed E-state index contributed by atoms with van der Waals surface area (Å²) in [7, 11) is 1.83. The summed E-state index contributed by atoms with van der Waals surface area (Å²) >= 11 is 0. The Hall–Kier alpha value is -1.36. The zero-order valence-electron chi connectivity index (χ0n) is 14.5. The molecule has 0 aromatic carbocycles. The second-order valence-electron chi connectivity index (χ2n) is 7.47. The van der Waals surface area contributed by atoms with E-state index in [1.54, 1.807) is 11.1 Å². The maximum atomic E-state index is 12.7. The lowest BCUT2D eigenvalue weighted by Crippen LogP contribution is -2.40. The monoisotopic (exact) mass is 294 g/mol. The van der Waals surface area contributed by atoms with Crippen LogP contribution in [0.1, 0.15) is 57.6 Å². The number of amides is 1. The van der Waals surface area contributed by atoms with E-state index in [4.69, 9.17) is 5.73 Å². The van der Waals surface area contributed by atoms with Gasteiger partial charge in [-0.1, -0.05) is 20.8 Å². The predicted octanol–water partition coefficient (Wildman–Crippen LogP) is 2.26. The van der Waals surface area contributed by atoms with Crippen LogP contribution < -0.4 is 5.73 Å². The van der Waals surface area contributed by atoms with Crippen LogP contribution in [-0.4, -0.2) is 40.7 Å². The highest BCUT2D eigenvalue weighted by atomic mass is 16.2. The lowest BCUT2D eigenvalue weighted by atomic mass is 9.93. The highest BCUT2D eigenvalue weighted by molar-refractivity contribution is 5.95. The van der Waals surface area contributed by atoms with Crippen molar-refractivity contribution >= 4 is 5.91 Å². The molecule has 0 radical (unpaired) electrons. The summed E-state index contributed by atoms with van der Waals surface area (Å²) in [4.78, 5) is 14.4. The van der Waals surface area contributed by atoms with Crippen LogP contribution in [0.15, 0.2) is 6.20 Å². The lowest BCUT2D eigenvalue weighted by molar-refractivity contribution is 0.0739. The average molecular weight is 294 g/mol. The van der Waals surface area contributed by atoms with Crippen molar-refractivity contribution in [1.29, 1.82) is 0 Å². The minimum atomic E-state index is -0.126. The summed E-state index contributed by atoms with van der Waals surface area (Å²) in [6.07, 6.45) is 2.48. The minimum absolute atomic E-state index is 0.0175. The smallest absolute Gasteiger partial charge is 0.257 e. The van der Waals surface area contributed by atoms with Gasteiger partial charge in [0.1, 0.15) is 0 Å². The first-order valence-electron chi connectivity index (χ1n) is 7.56. The van der Waals surface area contributed by atoms with Crippen molar-refractivity contribution < 1.29 is 4.79 Å². The fourth-order valence-electron chi connectivity index (χ4n) is 2.45. The molecule has 0 aliphatic heterocycles. The Bertz CT molecular complexity index is 497. The van der Waals surface area contributed by atoms with Gasteiger partial charge in [-0.25, -0.2) is 0 Å². The Morgan fingerprint density at radius 1 is 1.33 bits per heavy atom. The molecule has 5 nitrogen and oxygen atoms in total. The quantitative estimate of drug-likeness (QED) is 0.906. The van der Waals surface area contributed by atoms with Crippen LogP contribution in [0.3, 0.4) is 0 Å². The van der Waals surface area contributed by atoms with E-state index in [9.17, 15) is 4.79 Å². The molecule has 0 saturated heterocycles. The Morgan fingerprint density at radius 2 is 1.90 bits per heavy atom. The summed E-state index contributed by atoms with van der Waals surface area (Å²) < 4.78 is 1.95. The molecule has 0 atom stereocenters. The van der Waals surface area contributed by atoms with Crippen molar-refractivity contribution in [3.05, 3.63) is 17.5 Å². The first kappa shape index (κ1) is 17.7. The van der Waals surface area contributed by atoms with Gasteiger partial charge < -0.3 is 10.6 Å². The number of carbonyl (C=O) groups excluding carboxylic acids is 1. The van der Waals surface area contributed by atoms with Crippen molar-refractivity contribution in [3.8, 4) is 0 Å². The largest absolute Gasteiger partial charge is 0.341 e. The third-order valence-electron chi connectivity index (χ3n) is 3.63. The van der Waals surface area contributed by atoms with Crippen molar-refractivity contribution in [2.45, 2.75) is 53.5 Å². The molecule has 2 N–H and O–H groups in total. The topological polar surface area (TPSA) is 64.2 Å². The fraction of sp³-hybridized carbons (Fsp3) is 0.750. The van der Waals surface area contributed by atoms with Gasteiger partial charge in [-0.3, -0.25) is 9.48 Å². The molecule has 1 rings (SSSR count). The Balaban J connectivity index is 3.06. The number of hydrogen-bond acceptors (Lipinski definition) is 3. The molecule has 120 valence electrons. The van der Waals surface area contributed by atoms with Crippen LogP contribution in [0.4, 0.5) is 0 Å². The van der Waals surface area contributed by atoms with E-state index in [1.807, 2.05) is 11.7 Å². The van der Waals surface area contributed by atoms with Gasteiger partial charge in [-0.2, -0.15) is 5.10 Å². The Morgan fingerprint density at radius 3 is 2.33 bits per heavy atom. The fourth-order valence-corrected chi connectivity index (χ4v) is 2.45. The molecule has 0 fully saturated rings. The average Bonchev–Trinajstić information content (AvgIpc) is 2.80. The van der Waals surface area contributed by atoms with Gasteiger partial charge in [0.05, 0.1) is 23.0 Å².